The van der Waals surface area contributed by atoms with E-state index in [1.54, 1.807) is 6.26 Å². The molecule has 22 heavy (non-hydrogen) atoms. The van der Waals surface area contributed by atoms with E-state index in [1.165, 1.54) is 6.92 Å². The van der Waals surface area contributed by atoms with Gasteiger partial charge in [0.15, 0.2) is 0 Å². The molecule has 1 heterocycles. The lowest BCUT2D eigenvalue weighted by molar-refractivity contribution is -0.118. The second-order valence-corrected chi connectivity index (χ2v) is 6.13. The van der Waals surface area contributed by atoms with E-state index in [-0.39, 0.29) is 12.0 Å². The van der Waals surface area contributed by atoms with Gasteiger partial charge in [-0.05, 0) is 22.9 Å². The summed E-state index contributed by atoms with van der Waals surface area (Å²) in [5, 5.41) is 5.01. The van der Waals surface area contributed by atoms with Gasteiger partial charge in [0.25, 0.3) is 0 Å². The highest BCUT2D eigenvalue weighted by Gasteiger charge is 2.21. The van der Waals surface area contributed by atoms with Crippen molar-refractivity contribution in [3.63, 3.8) is 0 Å². The molecule has 2 aromatic rings. The third-order valence-electron chi connectivity index (χ3n) is 3.64. The molecule has 0 saturated carbocycles. The van der Waals surface area contributed by atoms with E-state index in [0.29, 0.717) is 6.54 Å². The van der Waals surface area contributed by atoms with Crippen molar-refractivity contribution in [1.29, 1.82) is 0 Å². The van der Waals surface area contributed by atoms with Crippen LogP contribution in [-0.2, 0) is 9.53 Å². The van der Waals surface area contributed by atoms with Crippen molar-refractivity contribution >= 4 is 33.7 Å². The lowest BCUT2D eigenvalue weighted by atomic mass is 9.97. The monoisotopic (exact) mass is 357 g/mol. The first-order valence-electron chi connectivity index (χ1n) is 7.09. The Kier molecular flexibility index (Phi) is 4.29. The molecule has 0 fully saturated rings. The molecule has 0 saturated heterocycles. The summed E-state index contributed by atoms with van der Waals surface area (Å²) in [7, 11) is 0. The molecule has 1 atom stereocenters. The summed E-state index contributed by atoms with van der Waals surface area (Å²) in [5.74, 6) is -0.0486. The van der Waals surface area contributed by atoms with Gasteiger partial charge in [0.2, 0.25) is 5.91 Å². The number of fused-ring (bicyclic) bond motifs is 1. The van der Waals surface area contributed by atoms with Gasteiger partial charge in [-0.25, -0.2) is 0 Å². The second-order valence-electron chi connectivity index (χ2n) is 5.21. The van der Waals surface area contributed by atoms with Crippen molar-refractivity contribution in [1.82, 2.24) is 5.32 Å². The smallest absolute Gasteiger partial charge is 0.217 e. The third kappa shape index (κ3) is 3.07. The zero-order valence-electron chi connectivity index (χ0n) is 12.2. The number of rotatable bonds is 3. The van der Waals surface area contributed by atoms with Crippen molar-refractivity contribution in [2.24, 2.45) is 0 Å². The average molecular weight is 358 g/mol. The number of nitrogens with one attached hydrogen (secondary N) is 1. The highest BCUT2D eigenvalue weighted by molar-refractivity contribution is 9.10. The fourth-order valence-electron chi connectivity index (χ4n) is 2.60. The van der Waals surface area contributed by atoms with Crippen LogP contribution >= 0.6 is 15.9 Å². The second kappa shape index (κ2) is 6.36. The Morgan fingerprint density at radius 3 is 2.73 bits per heavy atom. The van der Waals surface area contributed by atoms with E-state index in [4.69, 9.17) is 4.74 Å². The zero-order valence-corrected chi connectivity index (χ0v) is 13.8. The van der Waals surface area contributed by atoms with Crippen molar-refractivity contribution in [3.05, 3.63) is 69.0 Å². The fraction of sp³-hybridized carbons (Fsp3) is 0.167. The predicted molar refractivity (Wildman–Crippen MR) is 90.2 cm³/mol. The molecule has 1 unspecified atom stereocenters. The molecule has 2 aromatic carbocycles. The quantitative estimate of drug-likeness (QED) is 0.914. The minimum absolute atomic E-state index is 0.0486. The Hall–Kier alpha value is -2.07. The molecule has 1 amide bonds. The molecule has 1 aliphatic heterocycles. The van der Waals surface area contributed by atoms with Crippen LogP contribution in [0.25, 0.3) is 11.8 Å². The summed E-state index contributed by atoms with van der Waals surface area (Å²) >= 11 is 3.48. The summed E-state index contributed by atoms with van der Waals surface area (Å²) < 4.78 is 6.96. The van der Waals surface area contributed by atoms with Crippen molar-refractivity contribution in [2.45, 2.75) is 13.0 Å². The number of benzene rings is 2. The lowest BCUT2D eigenvalue weighted by Crippen LogP contribution is -2.37. The molecular weight excluding hydrogens is 342 g/mol. The van der Waals surface area contributed by atoms with E-state index >= 15 is 0 Å². The van der Waals surface area contributed by atoms with Gasteiger partial charge in [0, 0.05) is 28.7 Å². The molecule has 0 spiro atoms. The van der Waals surface area contributed by atoms with Crippen LogP contribution in [0.15, 0.2) is 53.0 Å². The maximum Gasteiger partial charge on any atom is 0.217 e. The van der Waals surface area contributed by atoms with E-state index in [0.717, 1.165) is 26.0 Å². The molecule has 4 heteroatoms. The first-order valence-corrected chi connectivity index (χ1v) is 7.88. The zero-order chi connectivity index (χ0) is 15.5. The first-order chi connectivity index (χ1) is 10.6. The molecule has 112 valence electrons. The van der Waals surface area contributed by atoms with Crippen LogP contribution in [0.4, 0.5) is 0 Å². The Morgan fingerprint density at radius 1 is 1.23 bits per heavy atom. The Bertz CT molecular complexity index is 815. The van der Waals surface area contributed by atoms with Gasteiger partial charge in [0.1, 0.15) is 6.10 Å². The number of carbonyl (C=O) groups is 1. The average Bonchev–Trinajstić information content (AvgIpc) is 2.53. The van der Waals surface area contributed by atoms with Crippen LogP contribution in [0.2, 0.25) is 0 Å². The summed E-state index contributed by atoms with van der Waals surface area (Å²) in [5.41, 5.74) is 2.14. The van der Waals surface area contributed by atoms with Crippen molar-refractivity contribution < 1.29 is 9.53 Å². The van der Waals surface area contributed by atoms with E-state index < -0.39 is 0 Å². The SMILES string of the molecule is CC(=O)NCC1=c2ccc(Br)cc2=COC1c1ccccc1. The molecule has 1 N–H and O–H groups in total. The number of carbonyl (C=O) groups excluding carboxylic acids is 1. The molecule has 0 aromatic heterocycles. The highest BCUT2D eigenvalue weighted by Crippen LogP contribution is 2.27. The number of hydrogen-bond donors (Lipinski definition) is 1. The third-order valence-corrected chi connectivity index (χ3v) is 4.13. The molecular formula is C18H16BrNO2. The highest BCUT2D eigenvalue weighted by atomic mass is 79.9. The van der Waals surface area contributed by atoms with Crippen LogP contribution in [0.1, 0.15) is 18.6 Å². The number of halogens is 1. The molecule has 1 aliphatic rings. The Balaban J connectivity index is 2.13. The van der Waals surface area contributed by atoms with Gasteiger partial charge >= 0.3 is 0 Å². The van der Waals surface area contributed by atoms with Crippen LogP contribution in [-0.4, -0.2) is 12.5 Å². The summed E-state index contributed by atoms with van der Waals surface area (Å²) in [6.07, 6.45) is 1.61. The van der Waals surface area contributed by atoms with Gasteiger partial charge in [-0.2, -0.15) is 0 Å². The standard InChI is InChI=1S/C18H16BrNO2/c1-12(21)20-10-17-16-8-7-15(19)9-14(16)11-22-18(17)13-5-3-2-4-6-13/h2-9,11,18H,10H2,1H3,(H,20,21). The number of hydrogen-bond acceptors (Lipinski definition) is 2. The van der Waals surface area contributed by atoms with Gasteiger partial charge in [-0.1, -0.05) is 52.3 Å². The molecule has 0 radical (unpaired) electrons. The van der Waals surface area contributed by atoms with E-state index in [1.807, 2.05) is 42.5 Å². The van der Waals surface area contributed by atoms with Crippen molar-refractivity contribution in [3.8, 4) is 0 Å². The van der Waals surface area contributed by atoms with E-state index in [2.05, 4.69) is 27.3 Å². The number of ether oxygens (including phenoxy) is 1. The van der Waals surface area contributed by atoms with Gasteiger partial charge < -0.3 is 10.1 Å². The summed E-state index contributed by atoms with van der Waals surface area (Å²) in [4.78, 5) is 11.3. The predicted octanol–water partition coefficient (Wildman–Crippen LogP) is 2.25. The Morgan fingerprint density at radius 2 is 2.00 bits per heavy atom. The Labute approximate surface area is 137 Å². The maximum absolute atomic E-state index is 11.3. The molecule has 0 bridgehead atoms. The van der Waals surface area contributed by atoms with Crippen LogP contribution < -0.4 is 15.8 Å². The normalized spacial score (nSPS) is 16.3. The lowest BCUT2D eigenvalue weighted by Gasteiger charge is -2.24. The fourth-order valence-corrected chi connectivity index (χ4v) is 2.98. The topological polar surface area (TPSA) is 38.3 Å². The van der Waals surface area contributed by atoms with Crippen LogP contribution in [0, 0.1) is 0 Å². The maximum atomic E-state index is 11.3. The van der Waals surface area contributed by atoms with E-state index in [9.17, 15) is 4.79 Å². The molecule has 3 nitrogen and oxygen atoms in total. The summed E-state index contributed by atoms with van der Waals surface area (Å²) in [6.45, 7) is 1.99. The summed E-state index contributed by atoms with van der Waals surface area (Å²) in [6, 6.07) is 16.1. The minimum Gasteiger partial charge on any atom is -0.488 e. The molecule has 0 aliphatic carbocycles. The van der Waals surface area contributed by atoms with Gasteiger partial charge in [-0.3, -0.25) is 4.79 Å². The van der Waals surface area contributed by atoms with Gasteiger partial charge in [-0.15, -0.1) is 0 Å². The van der Waals surface area contributed by atoms with Crippen LogP contribution in [0.5, 0.6) is 0 Å². The number of amides is 1. The molecule has 3 rings (SSSR count). The van der Waals surface area contributed by atoms with Gasteiger partial charge in [0.05, 0.1) is 6.26 Å². The first kappa shape index (κ1) is 14.9. The van der Waals surface area contributed by atoms with Crippen LogP contribution in [0.3, 0.4) is 0 Å². The largest absolute Gasteiger partial charge is 0.488 e. The van der Waals surface area contributed by atoms with Crippen molar-refractivity contribution in [2.75, 3.05) is 6.54 Å². The minimum atomic E-state index is -0.179.